The number of H-pyrrole nitrogens is 1. The Balaban J connectivity index is 2.30. The Morgan fingerprint density at radius 2 is 1.94 bits per heavy atom. The molecule has 3 nitrogen and oxygen atoms in total. The van der Waals surface area contributed by atoms with Crippen LogP contribution in [0.2, 0.25) is 0 Å². The fourth-order valence-corrected chi connectivity index (χ4v) is 2.17. The van der Waals surface area contributed by atoms with Crippen LogP contribution in [-0.4, -0.2) is 15.0 Å². The van der Waals surface area contributed by atoms with E-state index in [1.807, 2.05) is 12.3 Å². The van der Waals surface area contributed by atoms with Crippen molar-refractivity contribution in [2.75, 3.05) is 0 Å². The van der Waals surface area contributed by atoms with E-state index < -0.39 is 0 Å². The molecule has 84 valence electrons. The molecule has 0 aliphatic rings. The summed E-state index contributed by atoms with van der Waals surface area (Å²) in [5, 5.41) is 1.07. The van der Waals surface area contributed by atoms with Gasteiger partial charge in [-0.25, -0.2) is 9.97 Å². The van der Waals surface area contributed by atoms with Gasteiger partial charge in [0.05, 0.1) is 5.69 Å². The molecule has 3 rings (SSSR count). The third-order valence-corrected chi connectivity index (χ3v) is 2.99. The molecule has 0 amide bonds. The summed E-state index contributed by atoms with van der Waals surface area (Å²) in [6.45, 7) is 4.21. The standard InChI is InChI=1S/C14H13N3/c1-9-3-4-11(10(2)7-9)13-12-5-6-15-14(12)17-8-16-13/h3-8H,1-2H3,(H,15,16,17). The average Bonchev–Trinajstić information content (AvgIpc) is 2.77. The number of hydrogen-bond acceptors (Lipinski definition) is 2. The summed E-state index contributed by atoms with van der Waals surface area (Å²) >= 11 is 0. The Labute approximate surface area is 99.5 Å². The van der Waals surface area contributed by atoms with Gasteiger partial charge >= 0.3 is 0 Å². The zero-order chi connectivity index (χ0) is 11.8. The number of rotatable bonds is 1. The van der Waals surface area contributed by atoms with Crippen LogP contribution in [-0.2, 0) is 0 Å². The molecule has 1 N–H and O–H groups in total. The van der Waals surface area contributed by atoms with Crippen LogP contribution in [0.1, 0.15) is 11.1 Å². The molecular formula is C14H13N3. The Morgan fingerprint density at radius 1 is 1.06 bits per heavy atom. The zero-order valence-corrected chi connectivity index (χ0v) is 9.86. The average molecular weight is 223 g/mol. The summed E-state index contributed by atoms with van der Waals surface area (Å²) in [6.07, 6.45) is 3.50. The first-order chi connectivity index (χ1) is 8.25. The molecule has 0 atom stereocenters. The monoisotopic (exact) mass is 223 g/mol. The van der Waals surface area contributed by atoms with E-state index in [4.69, 9.17) is 0 Å². The second kappa shape index (κ2) is 3.70. The van der Waals surface area contributed by atoms with Crippen LogP contribution in [0.3, 0.4) is 0 Å². The molecular weight excluding hydrogens is 210 g/mol. The molecule has 0 saturated heterocycles. The molecule has 0 saturated carbocycles. The smallest absolute Gasteiger partial charge is 0.141 e. The zero-order valence-electron chi connectivity index (χ0n) is 9.86. The minimum atomic E-state index is 0.884. The summed E-state index contributed by atoms with van der Waals surface area (Å²) in [5.41, 5.74) is 5.56. The number of hydrogen-bond donors (Lipinski definition) is 1. The fourth-order valence-electron chi connectivity index (χ4n) is 2.17. The van der Waals surface area contributed by atoms with Crippen molar-refractivity contribution in [2.24, 2.45) is 0 Å². The van der Waals surface area contributed by atoms with Crippen molar-refractivity contribution in [2.45, 2.75) is 13.8 Å². The maximum atomic E-state index is 4.41. The lowest BCUT2D eigenvalue weighted by molar-refractivity contribution is 1.20. The molecule has 17 heavy (non-hydrogen) atoms. The number of aryl methyl sites for hydroxylation is 2. The van der Waals surface area contributed by atoms with Gasteiger partial charge in [-0.2, -0.15) is 0 Å². The summed E-state index contributed by atoms with van der Waals surface area (Å²) in [4.78, 5) is 11.7. The van der Waals surface area contributed by atoms with Gasteiger partial charge < -0.3 is 4.98 Å². The third kappa shape index (κ3) is 1.60. The molecule has 1 aromatic carbocycles. The number of aromatic amines is 1. The van der Waals surface area contributed by atoms with Gasteiger partial charge in [0, 0.05) is 17.1 Å². The van der Waals surface area contributed by atoms with Crippen LogP contribution < -0.4 is 0 Å². The van der Waals surface area contributed by atoms with Crippen LogP contribution in [0.25, 0.3) is 22.3 Å². The lowest BCUT2D eigenvalue weighted by atomic mass is 10.0. The predicted molar refractivity (Wildman–Crippen MR) is 68.8 cm³/mol. The van der Waals surface area contributed by atoms with E-state index >= 15 is 0 Å². The van der Waals surface area contributed by atoms with Crippen molar-refractivity contribution in [1.82, 2.24) is 15.0 Å². The van der Waals surface area contributed by atoms with Crippen molar-refractivity contribution in [3.63, 3.8) is 0 Å². The third-order valence-electron chi connectivity index (χ3n) is 2.99. The highest BCUT2D eigenvalue weighted by Gasteiger charge is 2.09. The molecule has 2 heterocycles. The summed E-state index contributed by atoms with van der Waals surface area (Å²) in [6, 6.07) is 8.43. The molecule has 0 radical (unpaired) electrons. The maximum Gasteiger partial charge on any atom is 0.141 e. The van der Waals surface area contributed by atoms with E-state index in [2.05, 4.69) is 47.0 Å². The summed E-state index contributed by atoms with van der Waals surface area (Å²) in [5.74, 6) is 0. The SMILES string of the molecule is Cc1ccc(-c2ncnc3[nH]ccc23)c(C)c1. The van der Waals surface area contributed by atoms with Crippen molar-refractivity contribution >= 4 is 11.0 Å². The first kappa shape index (κ1) is 10.0. The highest BCUT2D eigenvalue weighted by Crippen LogP contribution is 2.27. The predicted octanol–water partition coefficient (Wildman–Crippen LogP) is 3.24. The fraction of sp³-hybridized carbons (Fsp3) is 0.143. The number of aromatic nitrogens is 3. The highest BCUT2D eigenvalue weighted by atomic mass is 14.9. The molecule has 2 aromatic heterocycles. The second-order valence-corrected chi connectivity index (χ2v) is 4.28. The van der Waals surface area contributed by atoms with Crippen LogP contribution in [0, 0.1) is 13.8 Å². The first-order valence-electron chi connectivity index (χ1n) is 5.61. The molecule has 0 bridgehead atoms. The summed E-state index contributed by atoms with van der Waals surface area (Å²) in [7, 11) is 0. The normalized spacial score (nSPS) is 10.9. The van der Waals surface area contributed by atoms with E-state index in [-0.39, 0.29) is 0 Å². The van der Waals surface area contributed by atoms with Gasteiger partial charge in [0.25, 0.3) is 0 Å². The second-order valence-electron chi connectivity index (χ2n) is 4.28. The minimum absolute atomic E-state index is 0.884. The van der Waals surface area contributed by atoms with Gasteiger partial charge in [0.15, 0.2) is 0 Å². The van der Waals surface area contributed by atoms with Gasteiger partial charge in [0.2, 0.25) is 0 Å². The molecule has 0 aliphatic heterocycles. The van der Waals surface area contributed by atoms with Gasteiger partial charge in [-0.05, 0) is 25.5 Å². The van der Waals surface area contributed by atoms with E-state index in [0.717, 1.165) is 16.7 Å². The summed E-state index contributed by atoms with van der Waals surface area (Å²) < 4.78 is 0. The molecule has 0 unspecified atom stereocenters. The number of nitrogens with zero attached hydrogens (tertiary/aromatic N) is 2. The molecule has 0 fully saturated rings. The van der Waals surface area contributed by atoms with E-state index in [1.54, 1.807) is 6.33 Å². The maximum absolute atomic E-state index is 4.41. The van der Waals surface area contributed by atoms with E-state index in [9.17, 15) is 0 Å². The van der Waals surface area contributed by atoms with Crippen molar-refractivity contribution in [3.05, 3.63) is 47.9 Å². The van der Waals surface area contributed by atoms with E-state index in [0.29, 0.717) is 0 Å². The van der Waals surface area contributed by atoms with Gasteiger partial charge in [-0.3, -0.25) is 0 Å². The van der Waals surface area contributed by atoms with Gasteiger partial charge in [0.1, 0.15) is 12.0 Å². The van der Waals surface area contributed by atoms with Crippen LogP contribution in [0.15, 0.2) is 36.8 Å². The quantitative estimate of drug-likeness (QED) is 0.688. The van der Waals surface area contributed by atoms with E-state index in [1.165, 1.54) is 16.7 Å². The van der Waals surface area contributed by atoms with Crippen molar-refractivity contribution in [1.29, 1.82) is 0 Å². The lowest BCUT2D eigenvalue weighted by Gasteiger charge is -2.07. The highest BCUT2D eigenvalue weighted by molar-refractivity contribution is 5.91. The lowest BCUT2D eigenvalue weighted by Crippen LogP contribution is -1.90. The van der Waals surface area contributed by atoms with Crippen LogP contribution in [0.5, 0.6) is 0 Å². The van der Waals surface area contributed by atoms with Crippen molar-refractivity contribution in [3.8, 4) is 11.3 Å². The Bertz CT molecular complexity index is 683. The Kier molecular flexibility index (Phi) is 2.18. The molecule has 3 heteroatoms. The molecule has 0 spiro atoms. The molecule has 0 aliphatic carbocycles. The first-order valence-corrected chi connectivity index (χ1v) is 5.61. The largest absolute Gasteiger partial charge is 0.346 e. The van der Waals surface area contributed by atoms with Gasteiger partial charge in [-0.1, -0.05) is 23.8 Å². The Morgan fingerprint density at radius 3 is 2.76 bits per heavy atom. The molecule has 3 aromatic rings. The van der Waals surface area contributed by atoms with Crippen LogP contribution >= 0.6 is 0 Å². The minimum Gasteiger partial charge on any atom is -0.346 e. The Hall–Kier alpha value is -2.16. The number of fused-ring (bicyclic) bond motifs is 1. The number of nitrogens with one attached hydrogen (secondary N) is 1. The van der Waals surface area contributed by atoms with Crippen molar-refractivity contribution < 1.29 is 0 Å². The number of benzene rings is 1. The van der Waals surface area contributed by atoms with Crippen LogP contribution in [0.4, 0.5) is 0 Å². The van der Waals surface area contributed by atoms with Gasteiger partial charge in [-0.15, -0.1) is 0 Å². The topological polar surface area (TPSA) is 41.6 Å².